The van der Waals surface area contributed by atoms with Gasteiger partial charge in [0.05, 0.1) is 12.0 Å². The third-order valence-electron chi connectivity index (χ3n) is 2.10. The van der Waals surface area contributed by atoms with Gasteiger partial charge >= 0.3 is 0 Å². The number of thioether (sulfide) groups is 1. The summed E-state index contributed by atoms with van der Waals surface area (Å²) in [6, 6.07) is 0. The van der Waals surface area contributed by atoms with E-state index in [0.29, 0.717) is 0 Å². The molecule has 0 atom stereocenters. The maximum atomic E-state index is 5.12. The summed E-state index contributed by atoms with van der Waals surface area (Å²) < 4.78 is 0. The summed E-state index contributed by atoms with van der Waals surface area (Å²) in [4.78, 5) is 9.22. The van der Waals surface area contributed by atoms with Gasteiger partial charge in [-0.05, 0) is 19.1 Å². The molecule has 1 heterocycles. The summed E-state index contributed by atoms with van der Waals surface area (Å²) in [6.45, 7) is 2.94. The summed E-state index contributed by atoms with van der Waals surface area (Å²) in [5, 5.41) is 3.97. The molecule has 0 saturated carbocycles. The largest absolute Gasteiger partial charge is 0.362 e. The highest BCUT2D eigenvalue weighted by Crippen LogP contribution is 2.11. The molecule has 0 saturated heterocycles. The second kappa shape index (κ2) is 6.75. The van der Waals surface area contributed by atoms with Crippen molar-refractivity contribution in [2.45, 2.75) is 12.7 Å². The second-order valence-corrected chi connectivity index (χ2v) is 5.15. The van der Waals surface area contributed by atoms with E-state index >= 15 is 0 Å². The van der Waals surface area contributed by atoms with Gasteiger partial charge in [0.15, 0.2) is 5.11 Å². The Balaban J connectivity index is 2.09. The van der Waals surface area contributed by atoms with Gasteiger partial charge in [-0.3, -0.25) is 0 Å². The second-order valence-electron chi connectivity index (χ2n) is 3.65. The average Bonchev–Trinajstić information content (AvgIpc) is 2.63. The molecule has 0 aliphatic rings. The minimum atomic E-state index is 0.788. The van der Waals surface area contributed by atoms with Crippen LogP contribution in [0.3, 0.4) is 0 Å². The number of aromatic nitrogens is 2. The number of imidazole rings is 1. The van der Waals surface area contributed by atoms with E-state index in [1.807, 2.05) is 37.7 Å². The number of hydrogen-bond acceptors (Lipinski definition) is 3. The summed E-state index contributed by atoms with van der Waals surface area (Å²) in [7, 11) is 3.88. The number of aromatic amines is 1. The first-order valence-corrected chi connectivity index (χ1v) is 6.69. The van der Waals surface area contributed by atoms with E-state index in [0.717, 1.165) is 34.6 Å². The van der Waals surface area contributed by atoms with Crippen molar-refractivity contribution >= 4 is 29.1 Å². The molecule has 0 aliphatic carbocycles. The molecular weight excluding hydrogens is 240 g/mol. The Morgan fingerprint density at radius 1 is 1.62 bits per heavy atom. The molecule has 0 fully saturated rings. The molecule has 0 spiro atoms. The van der Waals surface area contributed by atoms with Crippen LogP contribution in [-0.4, -0.2) is 46.4 Å². The highest BCUT2D eigenvalue weighted by Gasteiger charge is 2.01. The number of thiocarbonyl (C=S) groups is 1. The van der Waals surface area contributed by atoms with Gasteiger partial charge in [-0.25, -0.2) is 4.98 Å². The van der Waals surface area contributed by atoms with Crippen LogP contribution in [0.25, 0.3) is 0 Å². The Morgan fingerprint density at radius 2 is 2.38 bits per heavy atom. The highest BCUT2D eigenvalue weighted by atomic mass is 32.2. The monoisotopic (exact) mass is 258 g/mol. The fourth-order valence-electron chi connectivity index (χ4n) is 1.09. The number of nitrogens with one attached hydrogen (secondary N) is 2. The van der Waals surface area contributed by atoms with Gasteiger partial charge in [0.25, 0.3) is 0 Å². The predicted molar refractivity (Wildman–Crippen MR) is 73.8 cm³/mol. The van der Waals surface area contributed by atoms with E-state index in [4.69, 9.17) is 12.2 Å². The Morgan fingerprint density at radius 3 is 2.94 bits per heavy atom. The van der Waals surface area contributed by atoms with Gasteiger partial charge in [-0.15, -0.1) is 0 Å². The third kappa shape index (κ3) is 4.40. The molecule has 0 radical (unpaired) electrons. The molecule has 16 heavy (non-hydrogen) atoms. The lowest BCUT2D eigenvalue weighted by molar-refractivity contribution is 0.605. The van der Waals surface area contributed by atoms with E-state index < -0.39 is 0 Å². The first kappa shape index (κ1) is 13.3. The van der Waals surface area contributed by atoms with Crippen molar-refractivity contribution < 1.29 is 0 Å². The quantitative estimate of drug-likeness (QED) is 0.617. The molecule has 2 N–H and O–H groups in total. The number of H-pyrrole nitrogens is 1. The molecule has 1 aromatic heterocycles. The van der Waals surface area contributed by atoms with Gasteiger partial charge in [0.1, 0.15) is 0 Å². The number of rotatable bonds is 5. The number of aryl methyl sites for hydroxylation is 1. The van der Waals surface area contributed by atoms with Crippen molar-refractivity contribution in [1.82, 2.24) is 20.2 Å². The normalized spacial score (nSPS) is 10.2. The molecule has 0 unspecified atom stereocenters. The Labute approximate surface area is 106 Å². The lowest BCUT2D eigenvalue weighted by Gasteiger charge is -2.14. The lowest BCUT2D eigenvalue weighted by Crippen LogP contribution is -2.35. The van der Waals surface area contributed by atoms with Crippen LogP contribution in [0.15, 0.2) is 6.33 Å². The number of hydrogen-bond donors (Lipinski definition) is 2. The van der Waals surface area contributed by atoms with E-state index in [2.05, 4.69) is 15.3 Å². The van der Waals surface area contributed by atoms with Crippen molar-refractivity contribution in [2.24, 2.45) is 0 Å². The zero-order chi connectivity index (χ0) is 12.0. The third-order valence-corrected chi connectivity index (χ3v) is 3.58. The van der Waals surface area contributed by atoms with Crippen LogP contribution >= 0.6 is 24.0 Å². The summed E-state index contributed by atoms with van der Waals surface area (Å²) in [5.74, 6) is 1.98. The van der Waals surface area contributed by atoms with Crippen LogP contribution in [0.5, 0.6) is 0 Å². The van der Waals surface area contributed by atoms with Crippen LogP contribution in [0.1, 0.15) is 11.4 Å². The van der Waals surface area contributed by atoms with E-state index in [-0.39, 0.29) is 0 Å². The van der Waals surface area contributed by atoms with E-state index in [1.165, 1.54) is 0 Å². The van der Waals surface area contributed by atoms with E-state index in [1.54, 1.807) is 6.33 Å². The zero-order valence-electron chi connectivity index (χ0n) is 9.91. The van der Waals surface area contributed by atoms with Gasteiger partial charge in [-0.2, -0.15) is 11.8 Å². The van der Waals surface area contributed by atoms with Crippen molar-refractivity contribution in [3.63, 3.8) is 0 Å². The molecule has 1 rings (SSSR count). The first-order valence-electron chi connectivity index (χ1n) is 5.13. The number of nitrogens with zero attached hydrogens (tertiary/aromatic N) is 2. The molecule has 1 aromatic rings. The van der Waals surface area contributed by atoms with Gasteiger partial charge in [0.2, 0.25) is 0 Å². The Bertz CT molecular complexity index is 335. The van der Waals surface area contributed by atoms with Crippen molar-refractivity contribution in [3.8, 4) is 0 Å². The predicted octanol–water partition coefficient (Wildman–Crippen LogP) is 1.39. The molecule has 4 nitrogen and oxygen atoms in total. The minimum absolute atomic E-state index is 0.788. The van der Waals surface area contributed by atoms with Gasteiger partial charge in [-0.1, -0.05) is 0 Å². The molecule has 0 amide bonds. The zero-order valence-corrected chi connectivity index (χ0v) is 11.5. The SMILES string of the molecule is Cc1[nH]cnc1CSCCNC(=S)N(C)C. The molecule has 0 aliphatic heterocycles. The van der Waals surface area contributed by atoms with Crippen LogP contribution in [0, 0.1) is 6.92 Å². The fourth-order valence-corrected chi connectivity index (χ4v) is 2.07. The summed E-state index contributed by atoms with van der Waals surface area (Å²) in [5.41, 5.74) is 2.30. The molecule has 0 bridgehead atoms. The molecule has 90 valence electrons. The summed E-state index contributed by atoms with van der Waals surface area (Å²) >= 11 is 6.97. The molecular formula is C10H18N4S2. The smallest absolute Gasteiger partial charge is 0.168 e. The van der Waals surface area contributed by atoms with Crippen LogP contribution in [-0.2, 0) is 5.75 Å². The maximum Gasteiger partial charge on any atom is 0.168 e. The maximum absolute atomic E-state index is 5.12. The van der Waals surface area contributed by atoms with Crippen molar-refractivity contribution in [2.75, 3.05) is 26.4 Å². The average molecular weight is 258 g/mol. The van der Waals surface area contributed by atoms with Crippen molar-refractivity contribution in [1.29, 1.82) is 0 Å². The van der Waals surface area contributed by atoms with Gasteiger partial charge in [0, 0.05) is 37.8 Å². The molecule has 0 aromatic carbocycles. The lowest BCUT2D eigenvalue weighted by atomic mass is 10.4. The molecule has 6 heteroatoms. The minimum Gasteiger partial charge on any atom is -0.362 e. The standard InChI is InChI=1S/C10H18N4S2/c1-8-9(13-7-12-8)6-16-5-4-11-10(15)14(2)3/h7H,4-6H2,1-3H3,(H,11,15)(H,12,13). The van der Waals surface area contributed by atoms with Crippen LogP contribution < -0.4 is 5.32 Å². The first-order chi connectivity index (χ1) is 7.61. The van der Waals surface area contributed by atoms with Crippen molar-refractivity contribution in [3.05, 3.63) is 17.7 Å². The Kier molecular flexibility index (Phi) is 5.62. The topological polar surface area (TPSA) is 44.0 Å². The summed E-state index contributed by atoms with van der Waals surface area (Å²) in [6.07, 6.45) is 1.74. The van der Waals surface area contributed by atoms with Gasteiger partial charge < -0.3 is 15.2 Å². The van der Waals surface area contributed by atoms with Crippen LogP contribution in [0.2, 0.25) is 0 Å². The highest BCUT2D eigenvalue weighted by molar-refractivity contribution is 7.98. The van der Waals surface area contributed by atoms with Crippen LogP contribution in [0.4, 0.5) is 0 Å². The Hall–Kier alpha value is -0.750. The fraction of sp³-hybridized carbons (Fsp3) is 0.600. The van der Waals surface area contributed by atoms with E-state index in [9.17, 15) is 0 Å².